The minimum Gasteiger partial charge on any atom is -0.394 e. The van der Waals surface area contributed by atoms with Crippen molar-refractivity contribution in [1.29, 1.82) is 0 Å². The summed E-state index contributed by atoms with van der Waals surface area (Å²) in [5, 5.41) is 23.0. The number of nitrogens with zero attached hydrogens (tertiary/aromatic N) is 7. The molecule has 0 amide bonds. The van der Waals surface area contributed by atoms with Crippen LogP contribution < -0.4 is 0 Å². The Morgan fingerprint density at radius 1 is 1.45 bits per heavy atom. The third-order valence-corrected chi connectivity index (χ3v) is 3.68. The highest BCUT2D eigenvalue weighted by atomic mass is 16.5. The third kappa shape index (κ3) is 2.18. The van der Waals surface area contributed by atoms with Crippen LogP contribution in [0.15, 0.2) is 11.4 Å². The zero-order valence-corrected chi connectivity index (χ0v) is 12.0. The molecule has 2 N–H and O–H groups in total. The SMILES string of the molecule is Cc1nc(C)c2ncn([C@@H]3O[C@H](CO)[C@H](O)C3N=[N+]=[N-])c2n1. The van der Waals surface area contributed by atoms with Gasteiger partial charge in [-0.25, -0.2) is 15.0 Å². The molecule has 1 unspecified atom stereocenters. The summed E-state index contributed by atoms with van der Waals surface area (Å²) in [6.45, 7) is 3.20. The number of imidazole rings is 1. The van der Waals surface area contributed by atoms with E-state index in [1.54, 1.807) is 11.5 Å². The number of hydrogen-bond donors (Lipinski definition) is 2. The fourth-order valence-corrected chi connectivity index (χ4v) is 2.68. The summed E-state index contributed by atoms with van der Waals surface area (Å²) in [7, 11) is 0. The lowest BCUT2D eigenvalue weighted by Crippen LogP contribution is -2.31. The first-order chi connectivity index (χ1) is 10.6. The second kappa shape index (κ2) is 5.50. The molecule has 4 atom stereocenters. The summed E-state index contributed by atoms with van der Waals surface area (Å²) in [4.78, 5) is 15.6. The van der Waals surface area contributed by atoms with Gasteiger partial charge in [0.1, 0.15) is 29.7 Å². The summed E-state index contributed by atoms with van der Waals surface area (Å²) in [6, 6.07) is -0.880. The second-order valence-electron chi connectivity index (χ2n) is 5.11. The highest BCUT2D eigenvalue weighted by molar-refractivity contribution is 5.73. The molecule has 0 aliphatic carbocycles. The standard InChI is InChI=1S/C12H15N7O3/c1-5-8-11(16-6(2)15-5)19(4-14-8)12-9(17-18-13)10(21)7(3-20)22-12/h4,7,9-10,12,20-21H,3H2,1-2H3/t7-,9?,10+,12-/m1/s1. The van der Waals surface area contributed by atoms with Crippen LogP contribution in [0, 0.1) is 13.8 Å². The van der Waals surface area contributed by atoms with E-state index in [1.807, 2.05) is 6.92 Å². The zero-order valence-electron chi connectivity index (χ0n) is 12.0. The average Bonchev–Trinajstić information content (AvgIpc) is 3.02. The predicted molar refractivity (Wildman–Crippen MR) is 74.7 cm³/mol. The Balaban J connectivity index is 2.11. The highest BCUT2D eigenvalue weighted by Crippen LogP contribution is 2.33. The number of hydrogen-bond acceptors (Lipinski definition) is 7. The number of aromatic nitrogens is 4. The Kier molecular flexibility index (Phi) is 3.67. The first-order valence-electron chi connectivity index (χ1n) is 6.73. The van der Waals surface area contributed by atoms with Crippen molar-refractivity contribution >= 4 is 11.2 Å². The van der Waals surface area contributed by atoms with Crippen molar-refractivity contribution in [3.05, 3.63) is 28.3 Å². The minimum absolute atomic E-state index is 0.380. The summed E-state index contributed by atoms with van der Waals surface area (Å²) >= 11 is 0. The average molecular weight is 305 g/mol. The first-order valence-corrected chi connectivity index (χ1v) is 6.73. The van der Waals surface area contributed by atoms with Crippen LogP contribution in [0.25, 0.3) is 21.6 Å². The zero-order chi connectivity index (χ0) is 15.9. The Morgan fingerprint density at radius 2 is 2.23 bits per heavy atom. The van der Waals surface area contributed by atoms with E-state index in [-0.39, 0.29) is 6.61 Å². The van der Waals surface area contributed by atoms with Crippen LogP contribution in [0.3, 0.4) is 0 Å². The first kappa shape index (κ1) is 14.7. The Hall–Kier alpha value is -2.26. The third-order valence-electron chi connectivity index (χ3n) is 3.68. The van der Waals surface area contributed by atoms with Crippen LogP contribution in [0.2, 0.25) is 0 Å². The van der Waals surface area contributed by atoms with E-state index >= 15 is 0 Å². The van der Waals surface area contributed by atoms with Crippen molar-refractivity contribution in [2.24, 2.45) is 5.11 Å². The van der Waals surface area contributed by atoms with Gasteiger partial charge in [-0.3, -0.25) is 4.57 Å². The molecule has 3 heterocycles. The molecule has 1 saturated heterocycles. The molecular weight excluding hydrogens is 290 g/mol. The molecule has 22 heavy (non-hydrogen) atoms. The number of fused-ring (bicyclic) bond motifs is 1. The van der Waals surface area contributed by atoms with Crippen molar-refractivity contribution in [1.82, 2.24) is 19.5 Å². The van der Waals surface area contributed by atoms with E-state index in [4.69, 9.17) is 10.3 Å². The maximum absolute atomic E-state index is 10.1. The largest absolute Gasteiger partial charge is 0.394 e. The number of ether oxygens (including phenoxy) is 1. The highest BCUT2D eigenvalue weighted by Gasteiger charge is 2.44. The van der Waals surface area contributed by atoms with Crippen LogP contribution >= 0.6 is 0 Å². The molecule has 2 aromatic heterocycles. The van der Waals surface area contributed by atoms with Crippen LogP contribution in [0.5, 0.6) is 0 Å². The van der Waals surface area contributed by atoms with Gasteiger partial charge < -0.3 is 14.9 Å². The molecule has 0 radical (unpaired) electrons. The van der Waals surface area contributed by atoms with Gasteiger partial charge in [-0.2, -0.15) is 0 Å². The van der Waals surface area contributed by atoms with E-state index in [0.717, 1.165) is 5.69 Å². The number of aliphatic hydroxyl groups excluding tert-OH is 2. The molecule has 1 aliphatic rings. The van der Waals surface area contributed by atoms with E-state index < -0.39 is 24.5 Å². The molecule has 1 aliphatic heterocycles. The monoisotopic (exact) mass is 305 g/mol. The van der Waals surface area contributed by atoms with Crippen LogP contribution in [-0.2, 0) is 4.74 Å². The number of azide groups is 1. The molecule has 116 valence electrons. The van der Waals surface area contributed by atoms with Gasteiger partial charge in [0.05, 0.1) is 24.7 Å². The van der Waals surface area contributed by atoms with E-state index in [9.17, 15) is 10.2 Å². The van der Waals surface area contributed by atoms with Crippen LogP contribution in [0.4, 0.5) is 0 Å². The molecule has 3 rings (SSSR count). The van der Waals surface area contributed by atoms with Crippen LogP contribution in [0.1, 0.15) is 17.7 Å². The summed E-state index contributed by atoms with van der Waals surface area (Å²) in [6.07, 6.45) is -1.22. The number of aryl methyl sites for hydroxylation is 2. The normalized spacial score (nSPS) is 28.0. The number of rotatable bonds is 3. The van der Waals surface area contributed by atoms with Gasteiger partial charge in [-0.15, -0.1) is 0 Å². The van der Waals surface area contributed by atoms with Gasteiger partial charge in [0.2, 0.25) is 0 Å². The molecule has 1 fully saturated rings. The Labute approximate surface area is 125 Å². The maximum Gasteiger partial charge on any atom is 0.165 e. The molecule has 0 spiro atoms. The molecule has 2 aromatic rings. The molecule has 0 saturated carbocycles. The lowest BCUT2D eigenvalue weighted by Gasteiger charge is -2.17. The molecule has 10 nitrogen and oxygen atoms in total. The number of aliphatic hydroxyl groups is 2. The van der Waals surface area contributed by atoms with Crippen molar-refractivity contribution in [3.8, 4) is 0 Å². The Morgan fingerprint density at radius 3 is 2.91 bits per heavy atom. The fourth-order valence-electron chi connectivity index (χ4n) is 2.68. The molecular formula is C12H15N7O3. The van der Waals surface area contributed by atoms with Crippen molar-refractivity contribution < 1.29 is 14.9 Å². The van der Waals surface area contributed by atoms with Gasteiger partial charge in [0.25, 0.3) is 0 Å². The fraction of sp³-hybridized carbons (Fsp3) is 0.583. The van der Waals surface area contributed by atoms with E-state index in [2.05, 4.69) is 25.0 Å². The summed E-state index contributed by atoms with van der Waals surface area (Å²) in [5.41, 5.74) is 10.6. The van der Waals surface area contributed by atoms with Crippen molar-refractivity contribution in [2.45, 2.75) is 38.3 Å². The summed E-state index contributed by atoms with van der Waals surface area (Å²) < 4.78 is 7.21. The second-order valence-corrected chi connectivity index (χ2v) is 5.11. The van der Waals surface area contributed by atoms with E-state index in [1.165, 1.54) is 6.33 Å². The van der Waals surface area contributed by atoms with Crippen LogP contribution in [-0.4, -0.2) is 54.6 Å². The molecule has 0 aromatic carbocycles. The van der Waals surface area contributed by atoms with Gasteiger partial charge >= 0.3 is 0 Å². The molecule has 10 heteroatoms. The van der Waals surface area contributed by atoms with Gasteiger partial charge in [-0.1, -0.05) is 5.11 Å². The van der Waals surface area contributed by atoms with Gasteiger partial charge in [0.15, 0.2) is 5.65 Å². The lowest BCUT2D eigenvalue weighted by atomic mass is 10.1. The molecule has 0 bridgehead atoms. The quantitative estimate of drug-likeness (QED) is 0.476. The Bertz CT molecular complexity index is 755. The van der Waals surface area contributed by atoms with Gasteiger partial charge in [0, 0.05) is 4.91 Å². The van der Waals surface area contributed by atoms with Crippen molar-refractivity contribution in [2.75, 3.05) is 6.61 Å². The van der Waals surface area contributed by atoms with Crippen molar-refractivity contribution in [3.63, 3.8) is 0 Å². The van der Waals surface area contributed by atoms with Gasteiger partial charge in [-0.05, 0) is 19.4 Å². The van der Waals surface area contributed by atoms with E-state index in [0.29, 0.717) is 17.0 Å². The summed E-state index contributed by atoms with van der Waals surface area (Å²) in [5.74, 6) is 0.573. The topological polar surface area (TPSA) is 142 Å². The maximum atomic E-state index is 10.1. The predicted octanol–water partition coefficient (Wildman–Crippen LogP) is 0.373. The lowest BCUT2D eigenvalue weighted by molar-refractivity contribution is -0.0437. The smallest absolute Gasteiger partial charge is 0.165 e. The minimum atomic E-state index is -1.10.